The fraction of sp³-hybridized carbons (Fsp3) is 0.846. The molecule has 0 radical (unpaired) electrons. The summed E-state index contributed by atoms with van der Waals surface area (Å²) >= 11 is 0. The number of carbonyl (C=O) groups excluding carboxylic acids is 2. The number of rotatable bonds is 4. The molecule has 0 aromatic carbocycles. The Morgan fingerprint density at radius 2 is 1.96 bits per heavy atom. The maximum atomic E-state index is 12.6. The zero-order valence-corrected chi connectivity index (χ0v) is 14.2. The summed E-state index contributed by atoms with van der Waals surface area (Å²) in [5.41, 5.74) is 0. The van der Waals surface area contributed by atoms with Crippen molar-refractivity contribution in [2.75, 3.05) is 13.1 Å². The molecule has 0 aliphatic carbocycles. The number of hydroxylamine groups is 2. The predicted molar refractivity (Wildman–Crippen MR) is 82.0 cm³/mol. The number of nitrogens with zero attached hydrogens (tertiary/aromatic N) is 2. The van der Waals surface area contributed by atoms with Gasteiger partial charge in [-0.1, -0.05) is 0 Å². The number of fused-ring (bicyclic) bond motifs is 2. The lowest BCUT2D eigenvalue weighted by Gasteiger charge is -2.36. The Morgan fingerprint density at radius 3 is 2.58 bits per heavy atom. The molecule has 0 saturated carbocycles. The molecule has 0 spiro atoms. The largest absolute Gasteiger partial charge is 0.418 e. The molecule has 3 aliphatic rings. The standard InChI is InChI=1S/C13H22N4O6S/c1-8-10-2-3-11(12(18)15-9-4-6-14-7-5-9)16(8)13(19)17(10)23-24(20,21)22/h8-11,14H,2-7H2,1H3,(H,15,18)(H,20,21,22)/t8-,10-,11-/m1/s1. The summed E-state index contributed by atoms with van der Waals surface area (Å²) < 4.78 is 35.1. The second-order valence-electron chi connectivity index (χ2n) is 6.45. The fourth-order valence-corrected chi connectivity index (χ4v) is 4.14. The van der Waals surface area contributed by atoms with Gasteiger partial charge in [0.25, 0.3) is 0 Å². The molecule has 2 bridgehead atoms. The highest BCUT2D eigenvalue weighted by Crippen LogP contribution is 2.35. The van der Waals surface area contributed by atoms with Gasteiger partial charge in [0.05, 0.1) is 12.1 Å². The molecule has 10 nitrogen and oxygen atoms in total. The van der Waals surface area contributed by atoms with Crippen molar-refractivity contribution in [3.63, 3.8) is 0 Å². The molecule has 3 saturated heterocycles. The maximum absolute atomic E-state index is 12.6. The number of urea groups is 1. The molecule has 3 heterocycles. The molecule has 3 aliphatic heterocycles. The van der Waals surface area contributed by atoms with Crippen LogP contribution in [0.15, 0.2) is 0 Å². The first-order valence-corrected chi connectivity index (χ1v) is 9.44. The van der Waals surface area contributed by atoms with Gasteiger partial charge in [-0.15, -0.1) is 4.28 Å². The van der Waals surface area contributed by atoms with Crippen molar-refractivity contribution in [2.24, 2.45) is 0 Å². The van der Waals surface area contributed by atoms with Crippen LogP contribution in [-0.2, 0) is 19.5 Å². The van der Waals surface area contributed by atoms with Crippen LogP contribution in [0.1, 0.15) is 32.6 Å². The van der Waals surface area contributed by atoms with E-state index in [9.17, 15) is 18.0 Å². The van der Waals surface area contributed by atoms with Crippen molar-refractivity contribution in [3.05, 3.63) is 0 Å². The third-order valence-electron chi connectivity index (χ3n) is 4.94. The van der Waals surface area contributed by atoms with Gasteiger partial charge in [-0.2, -0.15) is 13.5 Å². The summed E-state index contributed by atoms with van der Waals surface area (Å²) in [4.78, 5) is 26.4. The van der Waals surface area contributed by atoms with E-state index >= 15 is 0 Å². The van der Waals surface area contributed by atoms with Crippen LogP contribution in [-0.4, -0.2) is 72.1 Å². The van der Waals surface area contributed by atoms with Gasteiger partial charge in [0.2, 0.25) is 5.91 Å². The Balaban J connectivity index is 1.71. The smallest absolute Gasteiger partial charge is 0.351 e. The summed E-state index contributed by atoms with van der Waals surface area (Å²) in [6.07, 6.45) is 2.51. The molecule has 3 atom stereocenters. The van der Waals surface area contributed by atoms with E-state index in [0.717, 1.165) is 25.9 Å². The van der Waals surface area contributed by atoms with Crippen LogP contribution >= 0.6 is 0 Å². The molecule has 0 unspecified atom stereocenters. The second kappa shape index (κ2) is 6.47. The molecule has 11 heteroatoms. The van der Waals surface area contributed by atoms with Gasteiger partial charge in [-0.05, 0) is 45.7 Å². The predicted octanol–water partition coefficient (Wildman–Crippen LogP) is -0.754. The van der Waals surface area contributed by atoms with Crippen LogP contribution in [0.2, 0.25) is 0 Å². The minimum absolute atomic E-state index is 0.0784. The van der Waals surface area contributed by atoms with Crippen molar-refractivity contribution in [1.82, 2.24) is 20.6 Å². The van der Waals surface area contributed by atoms with Gasteiger partial charge >= 0.3 is 16.4 Å². The molecule has 136 valence electrons. The number of hydrogen-bond acceptors (Lipinski definition) is 6. The van der Waals surface area contributed by atoms with Gasteiger partial charge < -0.3 is 15.5 Å². The van der Waals surface area contributed by atoms with E-state index in [4.69, 9.17) is 4.55 Å². The zero-order valence-electron chi connectivity index (χ0n) is 13.3. The molecule has 0 aromatic rings. The quantitative estimate of drug-likeness (QED) is 0.561. The lowest BCUT2D eigenvalue weighted by molar-refractivity contribution is -0.127. The average Bonchev–Trinajstić information content (AvgIpc) is 2.65. The number of nitrogens with one attached hydrogen (secondary N) is 2. The summed E-state index contributed by atoms with van der Waals surface area (Å²) in [6.45, 7) is 3.42. The minimum atomic E-state index is -4.79. The molecule has 0 aromatic heterocycles. The minimum Gasteiger partial charge on any atom is -0.351 e. The van der Waals surface area contributed by atoms with Crippen LogP contribution in [0.3, 0.4) is 0 Å². The van der Waals surface area contributed by atoms with Crippen molar-refractivity contribution < 1.29 is 26.8 Å². The summed E-state index contributed by atoms with van der Waals surface area (Å²) in [5.74, 6) is -0.228. The van der Waals surface area contributed by atoms with Crippen LogP contribution in [0, 0.1) is 0 Å². The molecule has 3 amide bonds. The summed E-state index contributed by atoms with van der Waals surface area (Å²) in [7, 11) is -4.79. The first-order chi connectivity index (χ1) is 11.3. The highest BCUT2D eigenvalue weighted by molar-refractivity contribution is 7.80. The van der Waals surface area contributed by atoms with E-state index in [1.54, 1.807) is 6.92 Å². The molecule has 3 N–H and O–H groups in total. The van der Waals surface area contributed by atoms with E-state index in [1.165, 1.54) is 4.90 Å². The average molecular weight is 362 g/mol. The van der Waals surface area contributed by atoms with Gasteiger partial charge in [-0.3, -0.25) is 9.35 Å². The van der Waals surface area contributed by atoms with Crippen LogP contribution in [0.4, 0.5) is 4.79 Å². The lowest BCUT2D eigenvalue weighted by atomic mass is 9.93. The SMILES string of the molecule is C[C@@H]1[C@H]2CC[C@H](C(=O)NC3CCNCC3)N1C(=O)N2OS(=O)(=O)O. The van der Waals surface area contributed by atoms with E-state index in [0.29, 0.717) is 17.9 Å². The second-order valence-corrected chi connectivity index (χ2v) is 7.46. The van der Waals surface area contributed by atoms with Crippen molar-refractivity contribution in [1.29, 1.82) is 0 Å². The molecular formula is C13H22N4O6S. The third kappa shape index (κ3) is 3.34. The van der Waals surface area contributed by atoms with E-state index < -0.39 is 28.5 Å². The first kappa shape index (κ1) is 17.4. The van der Waals surface area contributed by atoms with Gasteiger partial charge in [0, 0.05) is 6.04 Å². The Kier molecular flexibility index (Phi) is 4.69. The zero-order chi connectivity index (χ0) is 17.5. The van der Waals surface area contributed by atoms with Crippen LogP contribution in [0.25, 0.3) is 0 Å². The van der Waals surface area contributed by atoms with Crippen LogP contribution < -0.4 is 10.6 Å². The topological polar surface area (TPSA) is 128 Å². The maximum Gasteiger partial charge on any atom is 0.418 e. The number of hydrogen-bond donors (Lipinski definition) is 3. The van der Waals surface area contributed by atoms with Crippen LogP contribution in [0.5, 0.6) is 0 Å². The van der Waals surface area contributed by atoms with E-state index in [-0.39, 0.29) is 18.0 Å². The normalized spacial score (nSPS) is 31.4. The highest BCUT2D eigenvalue weighted by atomic mass is 32.3. The Hall–Kier alpha value is -1.43. The molecule has 3 rings (SSSR count). The number of amides is 3. The Morgan fingerprint density at radius 1 is 1.29 bits per heavy atom. The Bertz CT molecular complexity index is 620. The number of piperidine rings is 2. The van der Waals surface area contributed by atoms with Crippen molar-refractivity contribution in [3.8, 4) is 0 Å². The Labute approximate surface area is 140 Å². The third-order valence-corrected chi connectivity index (χ3v) is 5.29. The molecule has 24 heavy (non-hydrogen) atoms. The van der Waals surface area contributed by atoms with Crippen molar-refractivity contribution in [2.45, 2.75) is 56.8 Å². The highest BCUT2D eigenvalue weighted by Gasteiger charge is 2.53. The number of carbonyl (C=O) groups is 2. The monoisotopic (exact) mass is 362 g/mol. The van der Waals surface area contributed by atoms with Gasteiger partial charge in [0.15, 0.2) is 0 Å². The summed E-state index contributed by atoms with van der Waals surface area (Å²) in [5, 5.41) is 6.86. The first-order valence-electron chi connectivity index (χ1n) is 8.07. The van der Waals surface area contributed by atoms with E-state index in [1.807, 2.05) is 0 Å². The molecular weight excluding hydrogens is 340 g/mol. The lowest BCUT2D eigenvalue weighted by Crippen LogP contribution is -2.56. The fourth-order valence-electron chi connectivity index (χ4n) is 3.76. The molecule has 3 fully saturated rings. The van der Waals surface area contributed by atoms with Crippen molar-refractivity contribution >= 4 is 22.3 Å². The van der Waals surface area contributed by atoms with E-state index in [2.05, 4.69) is 14.9 Å². The van der Waals surface area contributed by atoms with Gasteiger partial charge in [-0.25, -0.2) is 4.79 Å². The van der Waals surface area contributed by atoms with Gasteiger partial charge in [0.1, 0.15) is 6.04 Å². The summed E-state index contributed by atoms with van der Waals surface area (Å²) in [6, 6.07) is -2.18.